The molecular weight excluding hydrogens is 276 g/mol. The van der Waals surface area contributed by atoms with Crippen LogP contribution in [0.15, 0.2) is 54.6 Å². The number of hydrogen-bond donors (Lipinski definition) is 2. The average Bonchev–Trinajstić information content (AvgIpc) is 2.55. The number of nitrogens with one attached hydrogen (secondary N) is 1. The van der Waals surface area contributed by atoms with E-state index in [9.17, 15) is 9.90 Å². The van der Waals surface area contributed by atoms with Gasteiger partial charge in [-0.1, -0.05) is 49.4 Å². The number of hydrogen-bond acceptors (Lipinski definition) is 3. The average molecular weight is 294 g/mol. The van der Waals surface area contributed by atoms with Gasteiger partial charge < -0.3 is 10.4 Å². The van der Waals surface area contributed by atoms with E-state index in [-0.39, 0.29) is 5.92 Å². The molecule has 4 heteroatoms. The smallest absolute Gasteiger partial charge is 0.325 e. The topological polar surface area (TPSA) is 73.1 Å². The number of carboxylic acids is 1. The highest BCUT2D eigenvalue weighted by Gasteiger charge is 2.19. The van der Waals surface area contributed by atoms with Crippen LogP contribution in [0, 0.1) is 11.3 Å². The van der Waals surface area contributed by atoms with Crippen molar-refractivity contribution >= 4 is 5.97 Å². The first-order valence-corrected chi connectivity index (χ1v) is 7.13. The molecule has 0 fully saturated rings. The molecule has 0 aliphatic carbocycles. The summed E-state index contributed by atoms with van der Waals surface area (Å²) in [4.78, 5) is 11.4. The Labute approximate surface area is 130 Å². The summed E-state index contributed by atoms with van der Waals surface area (Å²) >= 11 is 0. The molecule has 2 rings (SSSR count). The molecule has 0 saturated heterocycles. The Bertz CT molecular complexity index is 660. The highest BCUT2D eigenvalue weighted by atomic mass is 16.4. The zero-order valence-electron chi connectivity index (χ0n) is 12.4. The predicted octanol–water partition coefficient (Wildman–Crippen LogP) is 3.08. The van der Waals surface area contributed by atoms with Crippen LogP contribution in [0.5, 0.6) is 0 Å². The van der Waals surface area contributed by atoms with E-state index in [1.165, 1.54) is 0 Å². The van der Waals surface area contributed by atoms with Gasteiger partial charge in [-0.25, -0.2) is 0 Å². The standard InChI is InChI=1S/C18H18N2O2/c1-13(15-9-7-14(11-19)8-10-15)12-20-17(18(21)22)16-5-3-2-4-6-16/h2-10,13,17,20H,12H2,1H3,(H,21,22)/t13-,17?/m1/s1. The van der Waals surface area contributed by atoms with Crippen LogP contribution < -0.4 is 5.32 Å². The lowest BCUT2D eigenvalue weighted by Gasteiger charge is -2.18. The highest BCUT2D eigenvalue weighted by molar-refractivity contribution is 5.75. The molecule has 112 valence electrons. The van der Waals surface area contributed by atoms with Crippen molar-refractivity contribution < 1.29 is 9.90 Å². The minimum atomic E-state index is -0.891. The molecule has 0 radical (unpaired) electrons. The molecule has 2 atom stereocenters. The van der Waals surface area contributed by atoms with Crippen LogP contribution in [0.1, 0.15) is 35.6 Å². The second kappa shape index (κ2) is 7.39. The van der Waals surface area contributed by atoms with Gasteiger partial charge in [0.1, 0.15) is 6.04 Å². The molecule has 2 aromatic carbocycles. The van der Waals surface area contributed by atoms with E-state index in [0.717, 1.165) is 11.1 Å². The van der Waals surface area contributed by atoms with Crippen molar-refractivity contribution in [2.75, 3.05) is 6.54 Å². The van der Waals surface area contributed by atoms with Gasteiger partial charge in [-0.2, -0.15) is 5.26 Å². The van der Waals surface area contributed by atoms with Gasteiger partial charge in [0.2, 0.25) is 0 Å². The number of aliphatic carboxylic acids is 1. The third-order valence-electron chi connectivity index (χ3n) is 3.62. The first-order valence-electron chi connectivity index (χ1n) is 7.13. The van der Waals surface area contributed by atoms with Gasteiger partial charge in [0, 0.05) is 6.54 Å². The van der Waals surface area contributed by atoms with E-state index in [4.69, 9.17) is 5.26 Å². The third kappa shape index (κ3) is 3.94. The molecule has 0 heterocycles. The number of nitriles is 1. The largest absolute Gasteiger partial charge is 0.480 e. The molecule has 2 aromatic rings. The SMILES string of the molecule is C[C@H](CNC(C(=O)O)c1ccccc1)c1ccc(C#N)cc1. The van der Waals surface area contributed by atoms with E-state index in [2.05, 4.69) is 11.4 Å². The van der Waals surface area contributed by atoms with Crippen LogP contribution in [0.2, 0.25) is 0 Å². The van der Waals surface area contributed by atoms with Crippen molar-refractivity contribution in [3.8, 4) is 6.07 Å². The van der Waals surface area contributed by atoms with Crippen LogP contribution >= 0.6 is 0 Å². The maximum Gasteiger partial charge on any atom is 0.325 e. The van der Waals surface area contributed by atoms with Crippen molar-refractivity contribution in [3.05, 3.63) is 71.3 Å². The maximum atomic E-state index is 11.4. The first-order chi connectivity index (χ1) is 10.6. The molecule has 22 heavy (non-hydrogen) atoms. The Balaban J connectivity index is 2.03. The number of nitrogens with zero attached hydrogens (tertiary/aromatic N) is 1. The fourth-order valence-corrected chi connectivity index (χ4v) is 2.29. The van der Waals surface area contributed by atoms with Gasteiger partial charge in [0.15, 0.2) is 0 Å². The Kier molecular flexibility index (Phi) is 5.29. The monoisotopic (exact) mass is 294 g/mol. The van der Waals surface area contributed by atoms with Crippen LogP contribution in [-0.2, 0) is 4.79 Å². The lowest BCUT2D eigenvalue weighted by Crippen LogP contribution is -2.31. The van der Waals surface area contributed by atoms with Gasteiger partial charge in [0.05, 0.1) is 11.6 Å². The van der Waals surface area contributed by atoms with Gasteiger partial charge in [-0.15, -0.1) is 0 Å². The molecule has 0 amide bonds. The molecule has 4 nitrogen and oxygen atoms in total. The van der Waals surface area contributed by atoms with Crippen LogP contribution in [0.3, 0.4) is 0 Å². The van der Waals surface area contributed by atoms with E-state index in [1.807, 2.05) is 37.3 Å². The molecule has 0 saturated carbocycles. The predicted molar refractivity (Wildman–Crippen MR) is 84.4 cm³/mol. The fourth-order valence-electron chi connectivity index (χ4n) is 2.29. The van der Waals surface area contributed by atoms with Gasteiger partial charge in [-0.3, -0.25) is 4.79 Å². The maximum absolute atomic E-state index is 11.4. The van der Waals surface area contributed by atoms with Crippen LogP contribution in [-0.4, -0.2) is 17.6 Å². The van der Waals surface area contributed by atoms with Crippen molar-refractivity contribution in [3.63, 3.8) is 0 Å². The number of carbonyl (C=O) groups is 1. The molecule has 2 N–H and O–H groups in total. The van der Waals surface area contributed by atoms with Gasteiger partial charge >= 0.3 is 5.97 Å². The fraction of sp³-hybridized carbons (Fsp3) is 0.222. The van der Waals surface area contributed by atoms with Crippen molar-refractivity contribution in [2.24, 2.45) is 0 Å². The normalized spacial score (nSPS) is 13.1. The van der Waals surface area contributed by atoms with Crippen molar-refractivity contribution in [2.45, 2.75) is 18.9 Å². The third-order valence-corrected chi connectivity index (χ3v) is 3.62. The Hall–Kier alpha value is -2.64. The molecule has 0 spiro atoms. The Morgan fingerprint density at radius 1 is 1.14 bits per heavy atom. The summed E-state index contributed by atoms with van der Waals surface area (Å²) in [5.41, 5.74) is 2.43. The quantitative estimate of drug-likeness (QED) is 0.858. The van der Waals surface area contributed by atoms with Crippen molar-refractivity contribution in [1.29, 1.82) is 5.26 Å². The zero-order valence-corrected chi connectivity index (χ0v) is 12.4. The van der Waals surface area contributed by atoms with E-state index < -0.39 is 12.0 Å². The van der Waals surface area contributed by atoms with Crippen LogP contribution in [0.4, 0.5) is 0 Å². The molecule has 0 aromatic heterocycles. The summed E-state index contributed by atoms with van der Waals surface area (Å²) < 4.78 is 0. The van der Waals surface area contributed by atoms with Gasteiger partial charge in [-0.05, 0) is 29.2 Å². The summed E-state index contributed by atoms with van der Waals surface area (Å²) in [6, 6.07) is 17.9. The summed E-state index contributed by atoms with van der Waals surface area (Å²) in [5, 5.41) is 21.3. The molecule has 0 aliphatic heterocycles. The second-order valence-electron chi connectivity index (χ2n) is 5.23. The van der Waals surface area contributed by atoms with Crippen molar-refractivity contribution in [1.82, 2.24) is 5.32 Å². The Morgan fingerprint density at radius 3 is 2.32 bits per heavy atom. The summed E-state index contributed by atoms with van der Waals surface area (Å²) in [6.45, 7) is 2.57. The molecular formula is C18H18N2O2. The van der Waals surface area contributed by atoms with E-state index in [0.29, 0.717) is 12.1 Å². The minimum Gasteiger partial charge on any atom is -0.480 e. The number of carboxylic acid groups (broad SMARTS) is 1. The molecule has 1 unspecified atom stereocenters. The summed E-state index contributed by atoms with van der Waals surface area (Å²) in [7, 11) is 0. The van der Waals surface area contributed by atoms with Gasteiger partial charge in [0.25, 0.3) is 0 Å². The first kappa shape index (κ1) is 15.7. The van der Waals surface area contributed by atoms with E-state index in [1.54, 1.807) is 24.3 Å². The summed E-state index contributed by atoms with van der Waals surface area (Å²) in [5.74, 6) is -0.739. The highest BCUT2D eigenvalue weighted by Crippen LogP contribution is 2.18. The van der Waals surface area contributed by atoms with E-state index >= 15 is 0 Å². The second-order valence-corrected chi connectivity index (χ2v) is 5.23. The number of rotatable bonds is 6. The lowest BCUT2D eigenvalue weighted by atomic mass is 9.99. The minimum absolute atomic E-state index is 0.151. The lowest BCUT2D eigenvalue weighted by molar-refractivity contribution is -0.139. The summed E-state index contributed by atoms with van der Waals surface area (Å²) in [6.07, 6.45) is 0. The molecule has 0 aliphatic rings. The van der Waals surface area contributed by atoms with Crippen LogP contribution in [0.25, 0.3) is 0 Å². The Morgan fingerprint density at radius 2 is 1.77 bits per heavy atom. The number of benzene rings is 2. The zero-order chi connectivity index (χ0) is 15.9. The molecule has 0 bridgehead atoms.